The van der Waals surface area contributed by atoms with E-state index in [1.807, 2.05) is 16.9 Å². The Balaban J connectivity index is 1.16. The Labute approximate surface area is 426 Å². The molecule has 10 rings (SSSR count). The molecule has 18 atom stereocenters. The number of furan rings is 1. The molecule has 1 aromatic carbocycles. The summed E-state index contributed by atoms with van der Waals surface area (Å²) in [7, 11) is 5.48. The fourth-order valence-corrected chi connectivity index (χ4v) is 20.4. The molecular formula is C54H80N2O13S2. The van der Waals surface area contributed by atoms with E-state index in [4.69, 9.17) is 23.4 Å². The number of ether oxygens (including phenoxy) is 4. The highest BCUT2D eigenvalue weighted by molar-refractivity contribution is 8.77. The minimum atomic E-state index is -2.48. The number of carbonyl (C=O) groups excluding carboxylic acids is 1. The van der Waals surface area contributed by atoms with Gasteiger partial charge in [0, 0.05) is 66.0 Å². The zero-order valence-corrected chi connectivity index (χ0v) is 43.5. The Kier molecular flexibility index (Phi) is 15.3. The molecule has 0 amide bonds. The molecule has 17 heteroatoms. The average Bonchev–Trinajstić information content (AvgIpc) is 4.14. The van der Waals surface area contributed by atoms with Gasteiger partial charge in [0.05, 0.1) is 25.1 Å². The van der Waals surface area contributed by atoms with E-state index in [2.05, 4.69) is 24.6 Å². The van der Waals surface area contributed by atoms with Crippen LogP contribution in [0, 0.1) is 46.8 Å². The van der Waals surface area contributed by atoms with E-state index >= 15 is 0 Å². The number of aryl methyl sites for hydroxylation is 1. The van der Waals surface area contributed by atoms with Crippen LogP contribution in [0.3, 0.4) is 0 Å². The number of benzene rings is 1. The lowest BCUT2D eigenvalue weighted by Crippen LogP contribution is -2.86. The molecule has 396 valence electrons. The van der Waals surface area contributed by atoms with Gasteiger partial charge in [-0.2, -0.15) is 0 Å². The minimum Gasteiger partial charge on any atom is -0.485 e. The Bertz CT molecular complexity index is 2230. The van der Waals surface area contributed by atoms with Gasteiger partial charge in [-0.05, 0) is 150 Å². The van der Waals surface area contributed by atoms with Crippen molar-refractivity contribution in [3.8, 4) is 11.5 Å². The highest BCUT2D eigenvalue weighted by Gasteiger charge is 2.78. The minimum absolute atomic E-state index is 0.0140. The lowest BCUT2D eigenvalue weighted by Gasteiger charge is -2.67. The van der Waals surface area contributed by atoms with Crippen molar-refractivity contribution in [2.45, 2.75) is 175 Å². The van der Waals surface area contributed by atoms with Gasteiger partial charge >= 0.3 is 5.97 Å². The number of aliphatic hydroxyl groups is 7. The molecule has 0 unspecified atom stereocenters. The van der Waals surface area contributed by atoms with Gasteiger partial charge < -0.3 is 69.7 Å². The van der Waals surface area contributed by atoms with Gasteiger partial charge in [0.15, 0.2) is 16.9 Å². The zero-order chi connectivity index (χ0) is 49.9. The van der Waals surface area contributed by atoms with Gasteiger partial charge in [0.25, 0.3) is 0 Å². The fraction of sp³-hybridized carbons (Fsp3) is 0.796. The van der Waals surface area contributed by atoms with Gasteiger partial charge in [-0.1, -0.05) is 53.5 Å². The van der Waals surface area contributed by atoms with E-state index in [0.717, 1.165) is 51.4 Å². The molecular weight excluding hydrogens is 949 g/mol. The predicted molar refractivity (Wildman–Crippen MR) is 271 cm³/mol. The summed E-state index contributed by atoms with van der Waals surface area (Å²) < 4.78 is 32.4. The molecule has 8 aliphatic rings. The number of allylic oxidation sites excluding steroid dienone is 1. The van der Waals surface area contributed by atoms with Crippen molar-refractivity contribution in [2.75, 3.05) is 45.8 Å². The number of hydrogen-bond acceptors (Lipinski definition) is 17. The zero-order valence-electron chi connectivity index (χ0n) is 41.8. The Morgan fingerprint density at radius 3 is 2.65 bits per heavy atom. The molecule has 1 aromatic heterocycles. The normalized spacial score (nSPS) is 44.5. The van der Waals surface area contributed by atoms with Gasteiger partial charge in [0.2, 0.25) is 12.0 Å². The number of fused-ring (bicyclic) bond motifs is 12. The van der Waals surface area contributed by atoms with Crippen LogP contribution in [0.5, 0.6) is 11.5 Å². The topological polar surface area (TPSA) is 233 Å². The second-order valence-corrected chi connectivity index (χ2v) is 25.7. The summed E-state index contributed by atoms with van der Waals surface area (Å²) in [5.41, 5.74) is -5.74. The van der Waals surface area contributed by atoms with Crippen LogP contribution in [0.2, 0.25) is 0 Å². The van der Waals surface area contributed by atoms with Gasteiger partial charge in [-0.15, -0.1) is 0 Å². The van der Waals surface area contributed by atoms with E-state index in [0.29, 0.717) is 59.7 Å². The van der Waals surface area contributed by atoms with Gasteiger partial charge in [-0.3, -0.25) is 4.79 Å². The van der Waals surface area contributed by atoms with Crippen LogP contribution < -0.4 is 20.1 Å². The third-order valence-electron chi connectivity index (χ3n) is 19.5. The largest absolute Gasteiger partial charge is 0.485 e. The van der Waals surface area contributed by atoms with E-state index in [1.54, 1.807) is 42.2 Å². The molecule has 4 saturated carbocycles. The lowest BCUT2D eigenvalue weighted by atomic mass is 9.50. The SMILES string of the molecule is CCOC(=O)CCc1cc2ccoc2c2c1O[C@@H]1O[C@@]3(CSS[C@]4(CC[C@]5(C[C@@H]6CC[C@@H](NC)[C@H]6C5)[C@H]4CCCO)[C@@H](CC[C@H](C)CCC[C@@H]3O)NCCO2)[C@]2(O)C[C@@H]3C=C[C@H](O)[C@H](CO)[C@@H]3[C@@]1(O)[C@H]2O. The molecule has 3 spiro atoms. The molecule has 9 N–H and O–H groups in total. The van der Waals surface area contributed by atoms with Crippen LogP contribution in [0.15, 0.2) is 35.0 Å². The van der Waals surface area contributed by atoms with Crippen LogP contribution in [0.1, 0.15) is 116 Å². The van der Waals surface area contributed by atoms with Crippen LogP contribution in [-0.4, -0.2) is 146 Å². The van der Waals surface area contributed by atoms with Crippen molar-refractivity contribution in [1.29, 1.82) is 0 Å². The summed E-state index contributed by atoms with van der Waals surface area (Å²) in [5.74, 6) is -1.08. The summed E-state index contributed by atoms with van der Waals surface area (Å²) >= 11 is 0. The standard InChI is InChI=1S/C54H80N2O13S2/c1-4-65-43(61)17-13-32-25-33-18-23-66-45(33)47-46(32)68-49-54(64)44-35(12-15-39(59)37(44)29-58)27-52(63,48(54)62)53(69-49)30-70-71-51(41(56-21-24-67-47)16-10-31(2)7-5-9-42(53)60)20-19-50(40(51)8-6-22-57)26-34-11-14-38(55-3)36(34)28-50/h12,15,18,23,25,31,34-42,44,48-49,55-60,62-64H,4-11,13-14,16-17,19-22,24,26-30H2,1-3H3/t31-,34+,35+,36+,37+,38-,39+,40-,41-,42+,44-,48+,49-,50-,51+,52+,53-,54-/m1/s1. The first-order chi connectivity index (χ1) is 34.2. The third-order valence-corrected chi connectivity index (χ3v) is 22.9. The first-order valence-electron chi connectivity index (χ1n) is 27.0. The summed E-state index contributed by atoms with van der Waals surface area (Å²) in [6.45, 7) is 4.42. The monoisotopic (exact) mass is 1030 g/mol. The molecule has 5 aliphatic carbocycles. The molecule has 3 aliphatic heterocycles. The number of esters is 1. The van der Waals surface area contributed by atoms with Gasteiger partial charge in [-0.25, -0.2) is 0 Å². The van der Waals surface area contributed by atoms with E-state index in [1.165, 1.54) is 12.8 Å². The van der Waals surface area contributed by atoms with E-state index in [-0.39, 0.29) is 84.9 Å². The summed E-state index contributed by atoms with van der Waals surface area (Å²) in [4.78, 5) is 13.0. The molecule has 71 heavy (non-hydrogen) atoms. The van der Waals surface area contributed by atoms with E-state index < -0.39 is 71.7 Å². The van der Waals surface area contributed by atoms with Crippen molar-refractivity contribution >= 4 is 38.5 Å². The van der Waals surface area contributed by atoms with Crippen molar-refractivity contribution in [3.05, 3.63) is 36.1 Å². The van der Waals surface area contributed by atoms with Crippen LogP contribution in [0.4, 0.5) is 0 Å². The Hall–Kier alpha value is -2.13. The fourth-order valence-electron chi connectivity index (χ4n) is 16.1. The molecule has 4 heterocycles. The maximum absolute atomic E-state index is 13.7. The maximum atomic E-state index is 13.7. The van der Waals surface area contributed by atoms with Crippen LogP contribution in [0.25, 0.3) is 11.0 Å². The van der Waals surface area contributed by atoms with Crippen LogP contribution >= 0.6 is 21.6 Å². The summed E-state index contributed by atoms with van der Waals surface area (Å²) in [5, 5.41) is 94.8. The van der Waals surface area contributed by atoms with E-state index in [9.17, 15) is 40.5 Å². The number of rotatable bonds is 9. The molecule has 6 fully saturated rings. The number of nitrogens with one attached hydrogen (secondary N) is 2. The van der Waals surface area contributed by atoms with Crippen molar-refractivity contribution in [2.24, 2.45) is 46.8 Å². The van der Waals surface area contributed by atoms with Crippen LogP contribution in [-0.2, 0) is 20.7 Å². The van der Waals surface area contributed by atoms with Crippen molar-refractivity contribution < 1.29 is 63.9 Å². The number of carbonyl (C=O) groups is 1. The second-order valence-electron chi connectivity index (χ2n) is 23.0. The second kappa shape index (κ2) is 20.8. The smallest absolute Gasteiger partial charge is 0.306 e. The predicted octanol–water partition coefficient (Wildman–Crippen LogP) is 5.41. The van der Waals surface area contributed by atoms with Gasteiger partial charge in [0.1, 0.15) is 23.9 Å². The molecule has 5 bridgehead atoms. The van der Waals surface area contributed by atoms with Crippen molar-refractivity contribution in [1.82, 2.24) is 10.6 Å². The van der Waals surface area contributed by atoms with Crippen molar-refractivity contribution in [3.63, 3.8) is 0 Å². The Morgan fingerprint density at radius 2 is 1.86 bits per heavy atom. The highest BCUT2D eigenvalue weighted by atomic mass is 33.1. The molecule has 15 nitrogen and oxygen atoms in total. The average molecular weight is 1030 g/mol. The maximum Gasteiger partial charge on any atom is 0.306 e. The highest BCUT2D eigenvalue weighted by Crippen LogP contribution is 2.71. The summed E-state index contributed by atoms with van der Waals surface area (Å²) in [6.07, 6.45) is 10.3. The summed E-state index contributed by atoms with van der Waals surface area (Å²) in [6, 6.07) is 4.14. The third kappa shape index (κ3) is 8.71. The first-order valence-corrected chi connectivity index (χ1v) is 29.3. The molecule has 2 saturated heterocycles. The quantitative estimate of drug-likeness (QED) is 0.0869. The molecule has 2 aromatic rings. The number of aliphatic hydroxyl groups excluding tert-OH is 5. The molecule has 0 radical (unpaired) electrons. The Morgan fingerprint density at radius 1 is 1.01 bits per heavy atom. The first kappa shape index (κ1) is 52.3. The number of hydrogen-bond donors (Lipinski definition) is 9. The lowest BCUT2D eigenvalue weighted by molar-refractivity contribution is -0.424.